The third-order valence-electron chi connectivity index (χ3n) is 4.66. The number of aryl methyl sites for hydroxylation is 3. The summed E-state index contributed by atoms with van der Waals surface area (Å²) in [5.74, 6) is 0.241. The number of nitrogens with zero attached hydrogens (tertiary/aromatic N) is 1. The van der Waals surface area contributed by atoms with E-state index in [0.717, 1.165) is 33.8 Å². The first kappa shape index (κ1) is 22.4. The molecule has 1 heterocycles. The third-order valence-corrected chi connectivity index (χ3v) is 6.78. The number of rotatable bonds is 9. The molecule has 1 aromatic heterocycles. The molecule has 1 unspecified atom stereocenters. The van der Waals surface area contributed by atoms with Crippen molar-refractivity contribution in [2.45, 2.75) is 47.6 Å². The van der Waals surface area contributed by atoms with Crippen LogP contribution in [-0.2, 0) is 13.6 Å². The number of hydrogen-bond acceptors (Lipinski definition) is 6. The van der Waals surface area contributed by atoms with E-state index in [0.29, 0.717) is 13.2 Å². The smallest absolute Gasteiger partial charge is 0.333 e. The second kappa shape index (κ2) is 9.55. The van der Waals surface area contributed by atoms with Gasteiger partial charge >= 0.3 is 7.60 Å². The summed E-state index contributed by atoms with van der Waals surface area (Å²) in [7, 11) is -3.31. The molecular weight excluding hydrogens is 375 g/mol. The predicted molar refractivity (Wildman–Crippen MR) is 113 cm³/mol. The van der Waals surface area contributed by atoms with Crippen molar-refractivity contribution in [1.29, 1.82) is 0 Å². The number of benzene rings is 1. The third kappa shape index (κ3) is 5.34. The minimum Gasteiger partial charge on any atom is -0.507 e. The van der Waals surface area contributed by atoms with Crippen LogP contribution in [0.4, 0.5) is 5.69 Å². The maximum atomic E-state index is 13.2. The van der Waals surface area contributed by atoms with Gasteiger partial charge in [-0.3, -0.25) is 9.55 Å². The molecule has 0 aliphatic carbocycles. The molecule has 1 atom stereocenters. The number of aromatic hydroxyl groups is 1. The van der Waals surface area contributed by atoms with Gasteiger partial charge in [0, 0.05) is 5.69 Å². The highest BCUT2D eigenvalue weighted by atomic mass is 31.2. The quantitative estimate of drug-likeness (QED) is 0.540. The normalized spacial score (nSPS) is 12.8. The van der Waals surface area contributed by atoms with Gasteiger partial charge in [-0.25, -0.2) is 0 Å². The van der Waals surface area contributed by atoms with Crippen molar-refractivity contribution in [3.05, 3.63) is 52.3 Å². The lowest BCUT2D eigenvalue weighted by atomic mass is 9.98. The fraction of sp³-hybridized carbons (Fsp3) is 0.476. The Hall–Kier alpha value is -1.88. The van der Waals surface area contributed by atoms with Crippen LogP contribution in [0, 0.1) is 27.7 Å². The zero-order chi connectivity index (χ0) is 20.9. The van der Waals surface area contributed by atoms with Gasteiger partial charge in [0.2, 0.25) is 0 Å². The zero-order valence-electron chi connectivity index (χ0n) is 17.6. The number of phenolic OH excluding ortho intramolecular Hbond substituents is 1. The molecule has 0 radical (unpaired) electrons. The number of nitrogens with one attached hydrogen (secondary N) is 1. The Morgan fingerprint density at radius 2 is 1.71 bits per heavy atom. The van der Waals surface area contributed by atoms with Crippen molar-refractivity contribution in [2.75, 3.05) is 24.7 Å². The Morgan fingerprint density at radius 1 is 1.07 bits per heavy atom. The molecule has 2 rings (SSSR count). The summed E-state index contributed by atoms with van der Waals surface area (Å²) in [6.45, 7) is 11.8. The van der Waals surface area contributed by atoms with E-state index in [2.05, 4.69) is 10.3 Å². The van der Waals surface area contributed by atoms with Crippen molar-refractivity contribution < 1.29 is 18.7 Å². The van der Waals surface area contributed by atoms with Gasteiger partial charge in [0.05, 0.1) is 36.8 Å². The van der Waals surface area contributed by atoms with Gasteiger partial charge in [-0.05, 0) is 70.4 Å². The largest absolute Gasteiger partial charge is 0.507 e. The van der Waals surface area contributed by atoms with Gasteiger partial charge < -0.3 is 19.5 Å². The summed E-state index contributed by atoms with van der Waals surface area (Å²) in [5.41, 5.74) is 5.01. The highest BCUT2D eigenvalue weighted by Crippen LogP contribution is 2.52. The summed E-state index contributed by atoms with van der Waals surface area (Å²) in [4.78, 5) is 4.50. The molecule has 7 heteroatoms. The lowest BCUT2D eigenvalue weighted by molar-refractivity contribution is 0.219. The van der Waals surface area contributed by atoms with Crippen LogP contribution in [0.3, 0.4) is 0 Å². The SMILES string of the molecule is CCOP(=O)(CC(Nc1ccc(C)nc1C)c1ccc(C)c(O)c1C)OCC. The standard InChI is InChI=1S/C21H31N2O4P/c1-7-26-28(25,27-8-2)13-20(18-11-9-14(3)21(24)16(18)5)23-19-12-10-15(4)22-17(19)6/h9-12,20,23-24H,7-8,13H2,1-6H3. The molecule has 2 N–H and O–H groups in total. The number of hydrogen-bond donors (Lipinski definition) is 2. The van der Waals surface area contributed by atoms with Crippen LogP contribution in [0.5, 0.6) is 5.75 Å². The molecule has 0 aliphatic rings. The van der Waals surface area contributed by atoms with Crippen LogP contribution in [-0.4, -0.2) is 29.5 Å². The molecule has 154 valence electrons. The molecule has 0 saturated heterocycles. The molecule has 0 spiro atoms. The van der Waals surface area contributed by atoms with E-state index in [1.54, 1.807) is 13.8 Å². The number of anilines is 1. The summed E-state index contributed by atoms with van der Waals surface area (Å²) in [5, 5.41) is 13.9. The Kier molecular flexibility index (Phi) is 7.64. The van der Waals surface area contributed by atoms with Gasteiger partial charge in [0.1, 0.15) is 5.75 Å². The molecule has 6 nitrogen and oxygen atoms in total. The number of pyridine rings is 1. The average Bonchev–Trinajstić information content (AvgIpc) is 2.62. The van der Waals surface area contributed by atoms with Crippen molar-refractivity contribution >= 4 is 13.3 Å². The van der Waals surface area contributed by atoms with E-state index < -0.39 is 7.60 Å². The molecule has 0 amide bonds. The molecule has 0 bridgehead atoms. The van der Waals surface area contributed by atoms with Crippen molar-refractivity contribution in [1.82, 2.24) is 4.98 Å². The zero-order valence-corrected chi connectivity index (χ0v) is 18.5. The first-order valence-electron chi connectivity index (χ1n) is 9.58. The van der Waals surface area contributed by atoms with Gasteiger partial charge in [0.25, 0.3) is 0 Å². The lowest BCUT2D eigenvalue weighted by Gasteiger charge is -2.27. The van der Waals surface area contributed by atoms with Crippen LogP contribution in [0.25, 0.3) is 0 Å². The predicted octanol–water partition coefficient (Wildman–Crippen LogP) is 5.44. The Labute approximate surface area is 167 Å². The van der Waals surface area contributed by atoms with Gasteiger partial charge in [0.15, 0.2) is 0 Å². The lowest BCUT2D eigenvalue weighted by Crippen LogP contribution is -2.19. The minimum absolute atomic E-state index is 0.144. The molecule has 0 saturated carbocycles. The van der Waals surface area contributed by atoms with E-state index in [1.165, 1.54) is 0 Å². The molecule has 2 aromatic rings. The van der Waals surface area contributed by atoms with E-state index in [9.17, 15) is 9.67 Å². The fourth-order valence-electron chi connectivity index (χ4n) is 3.24. The number of phenols is 1. The van der Waals surface area contributed by atoms with E-state index in [-0.39, 0.29) is 18.0 Å². The topological polar surface area (TPSA) is 80.7 Å². The van der Waals surface area contributed by atoms with Crippen molar-refractivity contribution in [3.8, 4) is 5.75 Å². The van der Waals surface area contributed by atoms with E-state index in [1.807, 2.05) is 52.0 Å². The van der Waals surface area contributed by atoms with Crippen LogP contribution < -0.4 is 5.32 Å². The Morgan fingerprint density at radius 3 is 2.29 bits per heavy atom. The number of aromatic nitrogens is 1. The molecular formula is C21H31N2O4P. The van der Waals surface area contributed by atoms with Gasteiger partial charge in [-0.15, -0.1) is 0 Å². The molecule has 28 heavy (non-hydrogen) atoms. The Bertz CT molecular complexity index is 860. The van der Waals surface area contributed by atoms with Crippen molar-refractivity contribution in [2.24, 2.45) is 0 Å². The van der Waals surface area contributed by atoms with Crippen LogP contribution >= 0.6 is 7.60 Å². The minimum atomic E-state index is -3.31. The van der Waals surface area contributed by atoms with Gasteiger partial charge in [-0.2, -0.15) is 0 Å². The summed E-state index contributed by atoms with van der Waals surface area (Å²) in [6.07, 6.45) is 0.144. The van der Waals surface area contributed by atoms with Crippen LogP contribution in [0.2, 0.25) is 0 Å². The maximum absolute atomic E-state index is 13.2. The van der Waals surface area contributed by atoms with Crippen LogP contribution in [0.1, 0.15) is 48.0 Å². The van der Waals surface area contributed by atoms with Crippen molar-refractivity contribution in [3.63, 3.8) is 0 Å². The fourth-order valence-corrected chi connectivity index (χ4v) is 5.04. The molecule has 1 aromatic carbocycles. The highest BCUT2D eigenvalue weighted by Gasteiger charge is 2.31. The van der Waals surface area contributed by atoms with E-state index in [4.69, 9.17) is 9.05 Å². The second-order valence-electron chi connectivity index (χ2n) is 6.86. The Balaban J connectivity index is 2.48. The second-order valence-corrected chi connectivity index (χ2v) is 8.96. The summed E-state index contributed by atoms with van der Waals surface area (Å²) < 4.78 is 24.3. The summed E-state index contributed by atoms with van der Waals surface area (Å²) >= 11 is 0. The summed E-state index contributed by atoms with van der Waals surface area (Å²) in [6, 6.07) is 7.32. The van der Waals surface area contributed by atoms with Crippen LogP contribution in [0.15, 0.2) is 24.3 Å². The highest BCUT2D eigenvalue weighted by molar-refractivity contribution is 7.53. The first-order chi connectivity index (χ1) is 13.2. The maximum Gasteiger partial charge on any atom is 0.333 e. The van der Waals surface area contributed by atoms with E-state index >= 15 is 0 Å². The first-order valence-corrected chi connectivity index (χ1v) is 11.3. The molecule has 0 aliphatic heterocycles. The monoisotopic (exact) mass is 406 g/mol. The average molecular weight is 406 g/mol. The van der Waals surface area contributed by atoms with Gasteiger partial charge in [-0.1, -0.05) is 12.1 Å². The molecule has 0 fully saturated rings.